The lowest BCUT2D eigenvalue weighted by molar-refractivity contribution is 0.563. The van der Waals surface area contributed by atoms with Crippen LogP contribution >= 0.6 is 11.3 Å². The van der Waals surface area contributed by atoms with E-state index in [0.717, 1.165) is 21.8 Å². The van der Waals surface area contributed by atoms with Crippen molar-refractivity contribution in [3.63, 3.8) is 0 Å². The second kappa shape index (κ2) is 6.18. The highest BCUT2D eigenvalue weighted by Crippen LogP contribution is 2.28. The molecule has 4 aromatic rings. The molecule has 25 heavy (non-hydrogen) atoms. The SMILES string of the molecule is Cc1ccc(C)c(Nc2nc(-c3cc4ccccc4oc3=O)cs2)c1. The van der Waals surface area contributed by atoms with Gasteiger partial charge in [0.05, 0.1) is 11.3 Å². The maximum atomic E-state index is 12.3. The zero-order valence-electron chi connectivity index (χ0n) is 13.9. The molecule has 2 aromatic heterocycles. The molecule has 0 amide bonds. The number of nitrogens with one attached hydrogen (secondary N) is 1. The summed E-state index contributed by atoms with van der Waals surface area (Å²) in [5.41, 5.74) is 4.66. The molecular formula is C20H16N2O2S. The second-order valence-electron chi connectivity index (χ2n) is 5.97. The Morgan fingerprint density at radius 3 is 2.80 bits per heavy atom. The summed E-state index contributed by atoms with van der Waals surface area (Å²) in [5, 5.41) is 6.83. The standard InChI is InChI=1S/C20H16N2O2S/c1-12-7-8-13(2)16(9-12)21-20-22-17(11-25-20)15-10-14-5-3-4-6-18(14)24-19(15)23/h3-11H,1-2H3,(H,21,22). The van der Waals surface area contributed by atoms with Crippen molar-refractivity contribution < 1.29 is 4.42 Å². The predicted molar refractivity (Wildman–Crippen MR) is 103 cm³/mol. The summed E-state index contributed by atoms with van der Waals surface area (Å²) in [5.74, 6) is 0. The highest BCUT2D eigenvalue weighted by Gasteiger charge is 2.12. The minimum atomic E-state index is -0.373. The van der Waals surface area contributed by atoms with Crippen LogP contribution in [-0.2, 0) is 0 Å². The molecule has 0 aliphatic rings. The van der Waals surface area contributed by atoms with Crippen LogP contribution in [-0.4, -0.2) is 4.98 Å². The molecule has 5 heteroatoms. The number of fused-ring (bicyclic) bond motifs is 1. The van der Waals surface area contributed by atoms with Gasteiger partial charge in [0.2, 0.25) is 0 Å². The van der Waals surface area contributed by atoms with Crippen molar-refractivity contribution in [2.24, 2.45) is 0 Å². The first-order chi connectivity index (χ1) is 12.1. The Bertz CT molecular complexity index is 1130. The molecule has 1 N–H and O–H groups in total. The van der Waals surface area contributed by atoms with Crippen molar-refractivity contribution in [1.82, 2.24) is 4.98 Å². The van der Waals surface area contributed by atoms with Gasteiger partial charge < -0.3 is 9.73 Å². The zero-order valence-corrected chi connectivity index (χ0v) is 14.7. The number of hydrogen-bond donors (Lipinski definition) is 1. The zero-order chi connectivity index (χ0) is 17.4. The molecule has 0 spiro atoms. The van der Waals surface area contributed by atoms with Crippen LogP contribution in [0.1, 0.15) is 11.1 Å². The van der Waals surface area contributed by atoms with E-state index in [4.69, 9.17) is 4.42 Å². The molecule has 4 nitrogen and oxygen atoms in total. The summed E-state index contributed by atoms with van der Waals surface area (Å²) in [4.78, 5) is 16.8. The molecule has 0 saturated heterocycles. The predicted octanol–water partition coefficient (Wildman–Crippen LogP) is 5.28. The number of aromatic nitrogens is 1. The van der Waals surface area contributed by atoms with Crippen molar-refractivity contribution in [3.05, 3.63) is 75.5 Å². The van der Waals surface area contributed by atoms with Crippen LogP contribution in [0.15, 0.2) is 63.1 Å². The Morgan fingerprint density at radius 2 is 1.92 bits per heavy atom. The molecule has 0 aliphatic carbocycles. The minimum absolute atomic E-state index is 0.373. The Morgan fingerprint density at radius 1 is 1.08 bits per heavy atom. The number of anilines is 2. The van der Waals surface area contributed by atoms with Crippen LogP contribution in [0.25, 0.3) is 22.2 Å². The summed E-state index contributed by atoms with van der Waals surface area (Å²) < 4.78 is 5.40. The summed E-state index contributed by atoms with van der Waals surface area (Å²) in [6.45, 7) is 4.10. The van der Waals surface area contributed by atoms with Crippen LogP contribution in [0.4, 0.5) is 10.8 Å². The van der Waals surface area contributed by atoms with Gasteiger partial charge in [-0.15, -0.1) is 11.3 Å². The fraction of sp³-hybridized carbons (Fsp3) is 0.100. The van der Waals surface area contributed by atoms with Gasteiger partial charge in [0.25, 0.3) is 0 Å². The van der Waals surface area contributed by atoms with E-state index in [1.165, 1.54) is 16.9 Å². The number of benzene rings is 2. The normalized spacial score (nSPS) is 11.0. The monoisotopic (exact) mass is 348 g/mol. The van der Waals surface area contributed by atoms with E-state index in [2.05, 4.69) is 35.4 Å². The quantitative estimate of drug-likeness (QED) is 0.512. The fourth-order valence-electron chi connectivity index (χ4n) is 2.68. The van der Waals surface area contributed by atoms with Crippen LogP contribution < -0.4 is 10.9 Å². The molecule has 0 bridgehead atoms. The lowest BCUT2D eigenvalue weighted by Crippen LogP contribution is -2.03. The van der Waals surface area contributed by atoms with E-state index in [-0.39, 0.29) is 5.63 Å². The third-order valence-corrected chi connectivity index (χ3v) is 4.81. The van der Waals surface area contributed by atoms with Gasteiger partial charge in [-0.2, -0.15) is 0 Å². The molecule has 2 heterocycles. The largest absolute Gasteiger partial charge is 0.422 e. The minimum Gasteiger partial charge on any atom is -0.422 e. The summed E-state index contributed by atoms with van der Waals surface area (Å²) in [6, 6.07) is 15.5. The van der Waals surface area contributed by atoms with E-state index in [0.29, 0.717) is 16.8 Å². The van der Waals surface area contributed by atoms with E-state index < -0.39 is 0 Å². The third kappa shape index (κ3) is 3.06. The van der Waals surface area contributed by atoms with Gasteiger partial charge in [-0.3, -0.25) is 0 Å². The van der Waals surface area contributed by atoms with Gasteiger partial charge in [0, 0.05) is 16.5 Å². The summed E-state index contributed by atoms with van der Waals surface area (Å²) >= 11 is 1.47. The van der Waals surface area contributed by atoms with Gasteiger partial charge in [-0.1, -0.05) is 30.3 Å². The average Bonchev–Trinajstić information content (AvgIpc) is 3.06. The van der Waals surface area contributed by atoms with Crippen molar-refractivity contribution >= 4 is 33.1 Å². The van der Waals surface area contributed by atoms with Crippen LogP contribution in [0, 0.1) is 13.8 Å². The fourth-order valence-corrected chi connectivity index (χ4v) is 3.40. The molecule has 0 unspecified atom stereocenters. The number of nitrogens with zero attached hydrogens (tertiary/aromatic N) is 1. The number of rotatable bonds is 3. The van der Waals surface area contributed by atoms with E-state index in [1.807, 2.05) is 36.6 Å². The molecule has 124 valence electrons. The highest BCUT2D eigenvalue weighted by molar-refractivity contribution is 7.14. The van der Waals surface area contributed by atoms with Gasteiger partial charge in [-0.25, -0.2) is 9.78 Å². The maximum absolute atomic E-state index is 12.3. The van der Waals surface area contributed by atoms with Gasteiger partial charge >= 0.3 is 5.63 Å². The third-order valence-electron chi connectivity index (χ3n) is 4.06. The highest BCUT2D eigenvalue weighted by atomic mass is 32.1. The number of thiazole rings is 1. The van der Waals surface area contributed by atoms with Crippen molar-refractivity contribution in [2.45, 2.75) is 13.8 Å². The molecule has 0 saturated carbocycles. The van der Waals surface area contributed by atoms with Gasteiger partial charge in [0.15, 0.2) is 5.13 Å². The molecule has 4 rings (SSSR count). The number of hydrogen-bond acceptors (Lipinski definition) is 5. The second-order valence-corrected chi connectivity index (χ2v) is 6.82. The average molecular weight is 348 g/mol. The van der Waals surface area contributed by atoms with Gasteiger partial charge in [-0.05, 0) is 43.2 Å². The van der Waals surface area contributed by atoms with Crippen molar-refractivity contribution in [1.29, 1.82) is 0 Å². The lowest BCUT2D eigenvalue weighted by Gasteiger charge is -2.07. The summed E-state index contributed by atoms with van der Waals surface area (Å²) in [7, 11) is 0. The van der Waals surface area contributed by atoms with Crippen molar-refractivity contribution in [3.8, 4) is 11.3 Å². The van der Waals surface area contributed by atoms with E-state index >= 15 is 0 Å². The Hall–Kier alpha value is -2.92. The first-order valence-electron chi connectivity index (χ1n) is 7.93. The van der Waals surface area contributed by atoms with Crippen LogP contribution in [0.3, 0.4) is 0 Å². The van der Waals surface area contributed by atoms with E-state index in [9.17, 15) is 4.79 Å². The first-order valence-corrected chi connectivity index (χ1v) is 8.81. The Balaban J connectivity index is 1.71. The molecule has 0 atom stereocenters. The molecule has 2 aromatic carbocycles. The molecular weight excluding hydrogens is 332 g/mol. The van der Waals surface area contributed by atoms with Crippen LogP contribution in [0.2, 0.25) is 0 Å². The summed E-state index contributed by atoms with van der Waals surface area (Å²) in [6.07, 6.45) is 0. The van der Waals surface area contributed by atoms with Crippen molar-refractivity contribution in [2.75, 3.05) is 5.32 Å². The lowest BCUT2D eigenvalue weighted by atomic mass is 10.1. The topological polar surface area (TPSA) is 55.1 Å². The number of aryl methyl sites for hydroxylation is 2. The first kappa shape index (κ1) is 15.6. The Kier molecular flexibility index (Phi) is 3.86. The molecule has 0 radical (unpaired) electrons. The molecule has 0 fully saturated rings. The Labute approximate surface area is 148 Å². The molecule has 0 aliphatic heterocycles. The number of para-hydroxylation sites is 1. The van der Waals surface area contributed by atoms with Gasteiger partial charge in [0.1, 0.15) is 5.58 Å². The van der Waals surface area contributed by atoms with E-state index in [1.54, 1.807) is 6.07 Å². The maximum Gasteiger partial charge on any atom is 0.345 e. The smallest absolute Gasteiger partial charge is 0.345 e. The van der Waals surface area contributed by atoms with Crippen LogP contribution in [0.5, 0.6) is 0 Å².